The number of rotatable bonds is 4. The summed E-state index contributed by atoms with van der Waals surface area (Å²) >= 11 is 17.3. The van der Waals surface area contributed by atoms with Crippen LogP contribution in [-0.2, 0) is 6.61 Å². The third kappa shape index (κ3) is 3.42. The molecule has 0 unspecified atom stereocenters. The number of hydrogen-bond donors (Lipinski definition) is 1. The highest BCUT2D eigenvalue weighted by molar-refractivity contribution is 7.80. The number of thiocarbonyl (C=S) groups is 1. The Morgan fingerprint density at radius 1 is 1.04 bits per heavy atom. The van der Waals surface area contributed by atoms with E-state index < -0.39 is 0 Å². The molecule has 0 aliphatic heterocycles. The van der Waals surface area contributed by atoms with Crippen molar-refractivity contribution in [3.05, 3.63) is 75.8 Å². The number of benzene rings is 3. The van der Waals surface area contributed by atoms with Crippen LogP contribution >= 0.6 is 35.4 Å². The molecule has 0 saturated heterocycles. The van der Waals surface area contributed by atoms with Crippen LogP contribution in [0.15, 0.2) is 54.6 Å². The number of hydrogen-bond acceptors (Lipinski definition) is 2. The van der Waals surface area contributed by atoms with Crippen LogP contribution in [-0.4, -0.2) is 4.99 Å². The van der Waals surface area contributed by atoms with Gasteiger partial charge in [0.2, 0.25) is 0 Å². The molecule has 0 amide bonds. The summed E-state index contributed by atoms with van der Waals surface area (Å²) in [5.41, 5.74) is 7.49. The van der Waals surface area contributed by atoms with E-state index >= 15 is 0 Å². The Labute approximate surface area is 149 Å². The van der Waals surface area contributed by atoms with Crippen LogP contribution in [0, 0.1) is 0 Å². The predicted octanol–water partition coefficient (Wildman–Crippen LogP) is 5.36. The Morgan fingerprint density at radius 3 is 2.57 bits per heavy atom. The van der Waals surface area contributed by atoms with Gasteiger partial charge >= 0.3 is 0 Å². The number of ether oxygens (including phenoxy) is 1. The molecule has 5 heteroatoms. The molecule has 0 spiro atoms. The Balaban J connectivity index is 1.96. The second-order valence-corrected chi connectivity index (χ2v) is 6.33. The first-order chi connectivity index (χ1) is 11.1. The lowest BCUT2D eigenvalue weighted by Crippen LogP contribution is -2.12. The minimum Gasteiger partial charge on any atom is -0.488 e. The predicted molar refractivity (Wildman–Crippen MR) is 101 cm³/mol. The molecule has 2 nitrogen and oxygen atoms in total. The zero-order valence-corrected chi connectivity index (χ0v) is 14.4. The van der Waals surface area contributed by atoms with Crippen LogP contribution < -0.4 is 10.5 Å². The summed E-state index contributed by atoms with van der Waals surface area (Å²) in [4.78, 5) is 0.305. The Kier molecular flexibility index (Phi) is 4.71. The summed E-state index contributed by atoms with van der Waals surface area (Å²) in [6.07, 6.45) is 0. The number of halogens is 2. The SMILES string of the molecule is NC(=S)c1c(OCc2ccc(Cl)cc2Cl)ccc2ccccc12. The van der Waals surface area contributed by atoms with Crippen LogP contribution in [0.3, 0.4) is 0 Å². The van der Waals surface area contributed by atoms with E-state index in [2.05, 4.69) is 0 Å². The van der Waals surface area contributed by atoms with Crippen LogP contribution in [0.5, 0.6) is 5.75 Å². The van der Waals surface area contributed by atoms with Gasteiger partial charge in [0, 0.05) is 15.6 Å². The minimum atomic E-state index is 0.305. The first-order valence-corrected chi connectivity index (χ1v) is 8.11. The smallest absolute Gasteiger partial charge is 0.130 e. The van der Waals surface area contributed by atoms with Gasteiger partial charge in [0.05, 0.1) is 5.56 Å². The highest BCUT2D eigenvalue weighted by Crippen LogP contribution is 2.29. The van der Waals surface area contributed by atoms with E-state index in [9.17, 15) is 0 Å². The molecule has 116 valence electrons. The normalized spacial score (nSPS) is 10.7. The lowest BCUT2D eigenvalue weighted by Gasteiger charge is -2.14. The maximum atomic E-state index is 6.18. The summed E-state index contributed by atoms with van der Waals surface area (Å²) in [6, 6.07) is 17.1. The van der Waals surface area contributed by atoms with Gasteiger partial charge < -0.3 is 10.5 Å². The van der Waals surface area contributed by atoms with Crippen LogP contribution in [0.2, 0.25) is 10.0 Å². The standard InChI is InChI=1S/C18H13Cl2NOS/c19-13-7-5-12(15(20)9-13)10-22-16-8-6-11-3-1-2-4-14(11)17(16)18(21)23/h1-9H,10H2,(H2,21,23). The molecule has 0 saturated carbocycles. The fourth-order valence-electron chi connectivity index (χ4n) is 2.42. The van der Waals surface area contributed by atoms with Crippen molar-refractivity contribution in [2.75, 3.05) is 0 Å². The molecule has 0 aliphatic rings. The molecular formula is C18H13Cl2NOS. The van der Waals surface area contributed by atoms with E-state index in [0.29, 0.717) is 27.4 Å². The van der Waals surface area contributed by atoms with Crippen molar-refractivity contribution >= 4 is 51.2 Å². The van der Waals surface area contributed by atoms with Gasteiger partial charge in [-0.25, -0.2) is 0 Å². The molecule has 0 heterocycles. The van der Waals surface area contributed by atoms with Crippen molar-refractivity contribution in [3.63, 3.8) is 0 Å². The average Bonchev–Trinajstić information content (AvgIpc) is 2.53. The van der Waals surface area contributed by atoms with E-state index in [4.69, 9.17) is 45.9 Å². The molecule has 2 N–H and O–H groups in total. The van der Waals surface area contributed by atoms with Gasteiger partial charge in [-0.05, 0) is 29.0 Å². The molecule has 0 bridgehead atoms. The first-order valence-electron chi connectivity index (χ1n) is 6.94. The van der Waals surface area contributed by atoms with Gasteiger partial charge in [0.25, 0.3) is 0 Å². The highest BCUT2D eigenvalue weighted by atomic mass is 35.5. The zero-order chi connectivity index (χ0) is 16.4. The Hall–Kier alpha value is -1.81. The highest BCUT2D eigenvalue weighted by Gasteiger charge is 2.12. The number of fused-ring (bicyclic) bond motifs is 1. The van der Waals surface area contributed by atoms with Crippen LogP contribution in [0.1, 0.15) is 11.1 Å². The summed E-state index contributed by atoms with van der Waals surface area (Å²) in [5.74, 6) is 0.641. The molecule has 3 aromatic rings. The summed E-state index contributed by atoms with van der Waals surface area (Å²) in [7, 11) is 0. The van der Waals surface area contributed by atoms with Gasteiger partial charge in [-0.1, -0.05) is 71.8 Å². The van der Waals surface area contributed by atoms with Gasteiger partial charge in [0.15, 0.2) is 0 Å². The molecule has 3 aromatic carbocycles. The molecular weight excluding hydrogens is 349 g/mol. The van der Waals surface area contributed by atoms with E-state index in [1.165, 1.54) is 0 Å². The van der Waals surface area contributed by atoms with E-state index in [1.54, 1.807) is 12.1 Å². The summed E-state index contributed by atoms with van der Waals surface area (Å²) in [6.45, 7) is 0.309. The zero-order valence-electron chi connectivity index (χ0n) is 12.1. The van der Waals surface area contributed by atoms with E-state index in [0.717, 1.165) is 21.9 Å². The Bertz CT molecular complexity index is 895. The topological polar surface area (TPSA) is 35.2 Å². The molecule has 0 aromatic heterocycles. The summed E-state index contributed by atoms with van der Waals surface area (Å²) < 4.78 is 5.92. The minimum absolute atomic E-state index is 0.305. The lowest BCUT2D eigenvalue weighted by molar-refractivity contribution is 0.306. The third-order valence-electron chi connectivity index (χ3n) is 3.54. The van der Waals surface area contributed by atoms with Gasteiger partial charge in [-0.2, -0.15) is 0 Å². The fraction of sp³-hybridized carbons (Fsp3) is 0.0556. The van der Waals surface area contributed by atoms with E-state index in [1.807, 2.05) is 42.5 Å². The van der Waals surface area contributed by atoms with E-state index in [-0.39, 0.29) is 0 Å². The maximum absolute atomic E-state index is 6.18. The van der Waals surface area contributed by atoms with Gasteiger partial charge in [-0.15, -0.1) is 0 Å². The van der Waals surface area contributed by atoms with Crippen LogP contribution in [0.25, 0.3) is 10.8 Å². The molecule has 0 atom stereocenters. The first kappa shape index (κ1) is 16.1. The number of nitrogens with two attached hydrogens (primary N) is 1. The van der Waals surface area contributed by atoms with Crippen LogP contribution in [0.4, 0.5) is 0 Å². The van der Waals surface area contributed by atoms with Gasteiger partial charge in [-0.3, -0.25) is 0 Å². The van der Waals surface area contributed by atoms with Crippen molar-refractivity contribution < 1.29 is 4.74 Å². The van der Waals surface area contributed by atoms with Crippen molar-refractivity contribution in [2.24, 2.45) is 5.73 Å². The molecule has 0 fully saturated rings. The van der Waals surface area contributed by atoms with Crippen molar-refractivity contribution in [2.45, 2.75) is 6.61 Å². The quantitative estimate of drug-likeness (QED) is 0.635. The molecule has 0 radical (unpaired) electrons. The van der Waals surface area contributed by atoms with Crippen molar-refractivity contribution in [1.29, 1.82) is 0 Å². The molecule has 3 rings (SSSR count). The fourth-order valence-corrected chi connectivity index (χ4v) is 3.09. The van der Waals surface area contributed by atoms with Crippen molar-refractivity contribution in [3.8, 4) is 5.75 Å². The lowest BCUT2D eigenvalue weighted by atomic mass is 10.0. The largest absolute Gasteiger partial charge is 0.488 e. The second-order valence-electron chi connectivity index (χ2n) is 5.05. The monoisotopic (exact) mass is 361 g/mol. The molecule has 23 heavy (non-hydrogen) atoms. The summed E-state index contributed by atoms with van der Waals surface area (Å²) in [5, 5.41) is 3.19. The van der Waals surface area contributed by atoms with Gasteiger partial charge in [0.1, 0.15) is 17.3 Å². The molecule has 0 aliphatic carbocycles. The van der Waals surface area contributed by atoms with Crippen molar-refractivity contribution in [1.82, 2.24) is 0 Å². The Morgan fingerprint density at radius 2 is 1.83 bits per heavy atom. The average molecular weight is 362 g/mol. The third-order valence-corrected chi connectivity index (χ3v) is 4.33. The maximum Gasteiger partial charge on any atom is 0.130 e. The second kappa shape index (κ2) is 6.75.